The molecule has 4 N–H and O–H groups in total. The second-order valence-corrected chi connectivity index (χ2v) is 5.86. The molecule has 0 unspecified atom stereocenters. The van der Waals surface area contributed by atoms with Gasteiger partial charge in [0.25, 0.3) is 0 Å². The number of pyridine rings is 1. The van der Waals surface area contributed by atoms with Crippen LogP contribution in [0.25, 0.3) is 0 Å². The van der Waals surface area contributed by atoms with E-state index < -0.39 is 10.3 Å². The molecule has 0 aliphatic rings. The highest BCUT2D eigenvalue weighted by Gasteiger charge is 2.08. The van der Waals surface area contributed by atoms with Gasteiger partial charge in [0.15, 0.2) is 6.20 Å². The molecule has 2 amide bonds. The maximum absolute atomic E-state index is 11.8. The molecule has 8 nitrogen and oxygen atoms in total. The van der Waals surface area contributed by atoms with Crippen LogP contribution >= 0.6 is 0 Å². The summed E-state index contributed by atoms with van der Waals surface area (Å²) in [5.41, 5.74) is 1.43. The van der Waals surface area contributed by atoms with Crippen molar-refractivity contribution in [2.24, 2.45) is 12.2 Å². The lowest BCUT2D eigenvalue weighted by Gasteiger charge is -2.08. The van der Waals surface area contributed by atoms with Gasteiger partial charge in [-0.15, -0.1) is 0 Å². The molecule has 0 radical (unpaired) electrons. The Balaban J connectivity index is 0.00000288. The minimum atomic E-state index is -4.06. The molecule has 0 spiro atoms. The number of aromatic nitrogens is 1. The van der Waals surface area contributed by atoms with E-state index in [0.717, 1.165) is 5.69 Å². The second kappa shape index (κ2) is 8.80. The van der Waals surface area contributed by atoms with Gasteiger partial charge in [-0.3, -0.25) is 0 Å². The fourth-order valence-electron chi connectivity index (χ4n) is 1.82. The van der Waals surface area contributed by atoms with Crippen LogP contribution in [0.1, 0.15) is 5.69 Å². The third-order valence-corrected chi connectivity index (χ3v) is 3.34. The standard InChI is InChI=1S/C14H16N4O4S.HI/c1-18-9-3-2-4-12(18)10-16-14(19)17-11-5-7-13(8-6-11)22-23(15,20)21;/h2-9H,10H2,1H3,(H3-,15,16,17,19,20,21);1H. The molecule has 10 heteroatoms. The van der Waals surface area contributed by atoms with E-state index in [9.17, 15) is 13.2 Å². The van der Waals surface area contributed by atoms with Gasteiger partial charge >= 0.3 is 16.3 Å². The number of benzene rings is 1. The van der Waals surface area contributed by atoms with E-state index in [0.29, 0.717) is 12.2 Å². The van der Waals surface area contributed by atoms with Crippen molar-refractivity contribution in [3.8, 4) is 5.75 Å². The number of carbonyl (C=O) groups is 1. The van der Waals surface area contributed by atoms with E-state index in [1.807, 2.05) is 36.0 Å². The number of nitrogens with one attached hydrogen (secondary N) is 2. The summed E-state index contributed by atoms with van der Waals surface area (Å²) in [6.45, 7) is 0.371. The van der Waals surface area contributed by atoms with Gasteiger partial charge in [0, 0.05) is 17.8 Å². The number of hydrogen-bond acceptors (Lipinski definition) is 4. The molecule has 0 saturated carbocycles. The molecule has 0 fully saturated rings. The van der Waals surface area contributed by atoms with Crippen molar-refractivity contribution in [1.29, 1.82) is 0 Å². The monoisotopic (exact) mass is 464 g/mol. The van der Waals surface area contributed by atoms with E-state index in [4.69, 9.17) is 5.14 Å². The van der Waals surface area contributed by atoms with Crippen molar-refractivity contribution in [3.63, 3.8) is 0 Å². The van der Waals surface area contributed by atoms with E-state index >= 15 is 0 Å². The molecule has 130 valence electrons. The van der Waals surface area contributed by atoms with Gasteiger partial charge in [-0.1, -0.05) is 6.07 Å². The van der Waals surface area contributed by atoms with E-state index in [1.54, 1.807) is 0 Å². The van der Waals surface area contributed by atoms with Crippen molar-refractivity contribution < 1.29 is 45.9 Å². The van der Waals surface area contributed by atoms with Crippen LogP contribution in [0.5, 0.6) is 5.75 Å². The largest absolute Gasteiger partial charge is 1.00 e. The maximum Gasteiger partial charge on any atom is 0.380 e. The summed E-state index contributed by atoms with van der Waals surface area (Å²) in [4.78, 5) is 11.8. The maximum atomic E-state index is 11.8. The number of rotatable bonds is 5. The normalized spacial score (nSPS) is 10.4. The predicted octanol–water partition coefficient (Wildman–Crippen LogP) is -2.58. The number of anilines is 1. The SMILES string of the molecule is C[n+]1ccccc1CNC(=O)Nc1ccc(OS(N)(=O)=O)cc1.[I-]. The molecular weight excluding hydrogens is 447 g/mol. The van der Waals surface area contributed by atoms with Gasteiger partial charge in [-0.2, -0.15) is 13.6 Å². The molecule has 2 rings (SSSR count). The first-order valence-corrected chi connectivity index (χ1v) is 8.11. The highest BCUT2D eigenvalue weighted by molar-refractivity contribution is 7.84. The van der Waals surface area contributed by atoms with Gasteiger partial charge in [0.1, 0.15) is 19.3 Å². The number of urea groups is 1. The summed E-state index contributed by atoms with van der Waals surface area (Å²) < 4.78 is 28.0. The zero-order valence-electron chi connectivity index (χ0n) is 12.8. The lowest BCUT2D eigenvalue weighted by Crippen LogP contribution is -3.00. The molecule has 1 aromatic carbocycles. The molecule has 1 aromatic heterocycles. The summed E-state index contributed by atoms with van der Waals surface area (Å²) >= 11 is 0. The second-order valence-electron chi connectivity index (χ2n) is 4.71. The molecule has 0 aliphatic heterocycles. The third kappa shape index (κ3) is 6.68. The highest BCUT2D eigenvalue weighted by Crippen LogP contribution is 2.16. The van der Waals surface area contributed by atoms with Gasteiger partial charge in [-0.25, -0.2) is 9.36 Å². The molecule has 0 aliphatic carbocycles. The van der Waals surface area contributed by atoms with Crippen LogP contribution in [0.4, 0.5) is 10.5 Å². The Morgan fingerprint density at radius 3 is 2.46 bits per heavy atom. The minimum absolute atomic E-state index is 0. The molecule has 0 saturated heterocycles. The lowest BCUT2D eigenvalue weighted by molar-refractivity contribution is -0.679. The Labute approximate surface area is 157 Å². The summed E-state index contributed by atoms with van der Waals surface area (Å²) in [7, 11) is -2.17. The number of hydrogen-bond donors (Lipinski definition) is 3. The number of aryl methyl sites for hydroxylation is 1. The number of nitrogens with two attached hydrogens (primary N) is 1. The van der Waals surface area contributed by atoms with Crippen molar-refractivity contribution in [1.82, 2.24) is 5.32 Å². The van der Waals surface area contributed by atoms with Crippen LogP contribution in [-0.2, 0) is 23.9 Å². The topological polar surface area (TPSA) is 114 Å². The molecule has 0 bridgehead atoms. The summed E-state index contributed by atoms with van der Waals surface area (Å²) in [6.07, 6.45) is 1.89. The zero-order valence-corrected chi connectivity index (χ0v) is 15.7. The van der Waals surface area contributed by atoms with Gasteiger partial charge < -0.3 is 38.8 Å². The highest BCUT2D eigenvalue weighted by atomic mass is 127. The molecular formula is C14H17IN4O4S. The number of amides is 2. The average molecular weight is 464 g/mol. The number of nitrogens with zero attached hydrogens (tertiary/aromatic N) is 1. The van der Waals surface area contributed by atoms with Crippen molar-refractivity contribution in [2.75, 3.05) is 5.32 Å². The van der Waals surface area contributed by atoms with Crippen LogP contribution < -0.4 is 48.5 Å². The van der Waals surface area contributed by atoms with Crippen LogP contribution in [0.3, 0.4) is 0 Å². The van der Waals surface area contributed by atoms with Crippen molar-refractivity contribution >= 4 is 22.0 Å². The van der Waals surface area contributed by atoms with Crippen molar-refractivity contribution in [3.05, 3.63) is 54.4 Å². The van der Waals surface area contributed by atoms with E-state index in [2.05, 4.69) is 14.8 Å². The van der Waals surface area contributed by atoms with Gasteiger partial charge in [0.2, 0.25) is 5.69 Å². The first-order chi connectivity index (χ1) is 10.8. The first-order valence-electron chi connectivity index (χ1n) is 6.64. The third-order valence-electron chi connectivity index (χ3n) is 2.92. The number of carbonyl (C=O) groups excluding carboxylic acids is 1. The van der Waals surface area contributed by atoms with Gasteiger partial charge in [-0.05, 0) is 24.3 Å². The van der Waals surface area contributed by atoms with Crippen LogP contribution in [0.15, 0.2) is 48.7 Å². The Kier molecular flexibility index (Phi) is 7.38. The number of halogens is 1. The average Bonchev–Trinajstić information content (AvgIpc) is 2.47. The lowest BCUT2D eigenvalue weighted by atomic mass is 10.3. The summed E-state index contributed by atoms with van der Waals surface area (Å²) in [6, 6.07) is 11.1. The smallest absolute Gasteiger partial charge is 0.380 e. The predicted molar refractivity (Wildman–Crippen MR) is 83.7 cm³/mol. The Morgan fingerprint density at radius 2 is 1.88 bits per heavy atom. The summed E-state index contributed by atoms with van der Waals surface area (Å²) in [5.74, 6) is 0.0646. The van der Waals surface area contributed by atoms with Crippen LogP contribution in [-0.4, -0.2) is 14.4 Å². The quantitative estimate of drug-likeness (QED) is 0.333. The van der Waals surface area contributed by atoms with Crippen LogP contribution in [0, 0.1) is 0 Å². The Morgan fingerprint density at radius 1 is 1.21 bits per heavy atom. The molecule has 0 atom stereocenters. The van der Waals surface area contributed by atoms with Crippen molar-refractivity contribution in [2.45, 2.75) is 6.54 Å². The minimum Gasteiger partial charge on any atom is -1.00 e. The van der Waals surface area contributed by atoms with Gasteiger partial charge in [0.05, 0.1) is 0 Å². The first kappa shape index (κ1) is 20.1. The van der Waals surface area contributed by atoms with E-state index in [-0.39, 0.29) is 35.8 Å². The fraction of sp³-hybridized carbons (Fsp3) is 0.143. The molecule has 2 aromatic rings. The Hall–Kier alpha value is -1.92. The molecule has 24 heavy (non-hydrogen) atoms. The Bertz CT molecular complexity index is 797. The summed E-state index contributed by atoms with van der Waals surface area (Å²) in [5, 5.41) is 10.1. The zero-order chi connectivity index (χ0) is 16.9. The fourth-order valence-corrected chi connectivity index (χ4v) is 2.20. The van der Waals surface area contributed by atoms with Crippen LogP contribution in [0.2, 0.25) is 0 Å². The molecule has 1 heterocycles. The van der Waals surface area contributed by atoms with E-state index in [1.165, 1.54) is 24.3 Å².